The van der Waals surface area contributed by atoms with Crippen LogP contribution < -0.4 is 0 Å². The van der Waals surface area contributed by atoms with Crippen LogP contribution in [0, 0.1) is 6.92 Å². The van der Waals surface area contributed by atoms with E-state index >= 15 is 0 Å². The van der Waals surface area contributed by atoms with Gasteiger partial charge in [-0.1, -0.05) is 54.6 Å². The van der Waals surface area contributed by atoms with Crippen molar-refractivity contribution in [2.24, 2.45) is 0 Å². The number of fused-ring (bicyclic) bond motifs is 2. The number of amides is 1. The minimum absolute atomic E-state index is 0.00980. The van der Waals surface area contributed by atoms with Crippen molar-refractivity contribution in [3.63, 3.8) is 0 Å². The van der Waals surface area contributed by atoms with E-state index in [1.54, 1.807) is 4.90 Å². The first-order valence-corrected chi connectivity index (χ1v) is 10.6. The molecule has 0 spiro atoms. The largest absolute Gasteiger partial charge is 0.340 e. The highest BCUT2D eigenvalue weighted by Gasteiger charge is 2.18. The summed E-state index contributed by atoms with van der Waals surface area (Å²) in [5.74, 6) is -0.00980. The zero-order valence-electron chi connectivity index (χ0n) is 16.3. The van der Waals surface area contributed by atoms with Gasteiger partial charge in [0.05, 0.1) is 5.01 Å². The molecule has 142 valence electrons. The molecule has 3 aromatic rings. The van der Waals surface area contributed by atoms with Gasteiger partial charge in [-0.25, -0.2) is 4.98 Å². The fraction of sp³-hybridized carbons (Fsp3) is 0.250. The molecule has 0 atom stereocenters. The first-order chi connectivity index (χ1) is 13.6. The molecule has 3 nitrogen and oxygen atoms in total. The zero-order valence-corrected chi connectivity index (χ0v) is 17.1. The standard InChI is InChI=1S/C24H24N2OS/c1-17-25-23(16-28-17)24(27)26(2)15-7-12-22-20-10-5-3-8-18(20)13-14-19-9-4-6-11-21(19)22/h3-6,8-12,16H,7,13-15H2,1-2H3. The minimum Gasteiger partial charge on any atom is -0.340 e. The van der Waals surface area contributed by atoms with Crippen LogP contribution in [0.25, 0.3) is 5.57 Å². The molecule has 0 radical (unpaired) electrons. The quantitative estimate of drug-likeness (QED) is 0.620. The summed E-state index contributed by atoms with van der Waals surface area (Å²) >= 11 is 1.51. The van der Waals surface area contributed by atoms with Gasteiger partial charge in [-0.2, -0.15) is 0 Å². The maximum absolute atomic E-state index is 12.5. The van der Waals surface area contributed by atoms with Crippen LogP contribution in [-0.2, 0) is 12.8 Å². The first-order valence-electron chi connectivity index (χ1n) is 9.68. The van der Waals surface area contributed by atoms with Gasteiger partial charge >= 0.3 is 0 Å². The summed E-state index contributed by atoms with van der Waals surface area (Å²) in [4.78, 5) is 18.6. The smallest absolute Gasteiger partial charge is 0.273 e. The Morgan fingerprint density at radius 3 is 2.25 bits per heavy atom. The molecule has 28 heavy (non-hydrogen) atoms. The number of hydrogen-bond donors (Lipinski definition) is 0. The lowest BCUT2D eigenvalue weighted by Crippen LogP contribution is -2.27. The second-order valence-corrected chi connectivity index (χ2v) is 8.26. The summed E-state index contributed by atoms with van der Waals surface area (Å²) in [5, 5.41) is 2.76. The number of thiazole rings is 1. The van der Waals surface area contributed by atoms with Crippen LogP contribution in [0.2, 0.25) is 0 Å². The van der Waals surface area contributed by atoms with E-state index in [0.717, 1.165) is 24.3 Å². The van der Waals surface area contributed by atoms with Crippen LogP contribution in [0.4, 0.5) is 0 Å². The lowest BCUT2D eigenvalue weighted by molar-refractivity contribution is 0.0792. The van der Waals surface area contributed by atoms with Crippen LogP contribution in [-0.4, -0.2) is 29.4 Å². The van der Waals surface area contributed by atoms with Gasteiger partial charge in [0, 0.05) is 19.0 Å². The Hall–Kier alpha value is -2.72. The van der Waals surface area contributed by atoms with E-state index in [2.05, 4.69) is 59.6 Å². The van der Waals surface area contributed by atoms with Gasteiger partial charge in [0.2, 0.25) is 0 Å². The zero-order chi connectivity index (χ0) is 19.5. The Kier molecular flexibility index (Phi) is 5.40. The summed E-state index contributed by atoms with van der Waals surface area (Å²) in [5.41, 5.74) is 7.25. The number of nitrogens with zero attached hydrogens (tertiary/aromatic N) is 2. The average molecular weight is 389 g/mol. The van der Waals surface area contributed by atoms with E-state index in [1.807, 2.05) is 19.4 Å². The molecule has 1 aliphatic rings. The number of rotatable bonds is 4. The number of hydrogen-bond acceptors (Lipinski definition) is 3. The van der Waals surface area contributed by atoms with E-state index in [4.69, 9.17) is 0 Å². The molecule has 1 aromatic heterocycles. The molecule has 0 N–H and O–H groups in total. The third-order valence-corrected chi connectivity index (χ3v) is 6.05. The summed E-state index contributed by atoms with van der Waals surface area (Å²) in [6.07, 6.45) is 5.22. The molecule has 0 bridgehead atoms. The Labute approximate surface area is 170 Å². The second kappa shape index (κ2) is 8.11. The molecule has 1 heterocycles. The number of aryl methyl sites for hydroxylation is 3. The van der Waals surface area contributed by atoms with Crippen molar-refractivity contribution in [1.29, 1.82) is 0 Å². The fourth-order valence-corrected chi connectivity index (χ4v) is 4.38. The predicted octanol–water partition coefficient (Wildman–Crippen LogP) is 5.14. The van der Waals surface area contributed by atoms with E-state index in [-0.39, 0.29) is 5.91 Å². The molecule has 2 aromatic carbocycles. The Bertz CT molecular complexity index is 985. The van der Waals surface area contributed by atoms with Crippen LogP contribution >= 0.6 is 11.3 Å². The monoisotopic (exact) mass is 388 g/mol. The average Bonchev–Trinajstić information content (AvgIpc) is 3.09. The Morgan fingerprint density at radius 1 is 1.07 bits per heavy atom. The van der Waals surface area contributed by atoms with Gasteiger partial charge in [-0.15, -0.1) is 11.3 Å². The fourth-order valence-electron chi connectivity index (χ4n) is 3.80. The normalized spacial score (nSPS) is 12.7. The van der Waals surface area contributed by atoms with Crippen LogP contribution in [0.1, 0.15) is 44.2 Å². The number of aromatic nitrogens is 1. The molecule has 0 saturated carbocycles. The number of carbonyl (C=O) groups excluding carboxylic acids is 1. The van der Waals surface area contributed by atoms with Crippen molar-refractivity contribution in [3.05, 3.63) is 92.9 Å². The third-order valence-electron chi connectivity index (χ3n) is 5.28. The predicted molar refractivity (Wildman–Crippen MR) is 116 cm³/mol. The van der Waals surface area contributed by atoms with Crippen LogP contribution in [0.5, 0.6) is 0 Å². The van der Waals surface area contributed by atoms with Crippen LogP contribution in [0.15, 0.2) is 60.0 Å². The van der Waals surface area contributed by atoms with E-state index in [0.29, 0.717) is 12.2 Å². The van der Waals surface area contributed by atoms with Crippen molar-refractivity contribution in [3.8, 4) is 0 Å². The lowest BCUT2D eigenvalue weighted by Gasteiger charge is -2.16. The third kappa shape index (κ3) is 3.78. The summed E-state index contributed by atoms with van der Waals surface area (Å²) in [6, 6.07) is 17.4. The van der Waals surface area contributed by atoms with Crippen molar-refractivity contribution in [2.45, 2.75) is 26.2 Å². The highest BCUT2D eigenvalue weighted by Crippen LogP contribution is 2.33. The summed E-state index contributed by atoms with van der Waals surface area (Å²) in [6.45, 7) is 2.59. The molecular weight excluding hydrogens is 364 g/mol. The van der Waals surface area contributed by atoms with E-state index in [1.165, 1.54) is 39.2 Å². The lowest BCUT2D eigenvalue weighted by atomic mass is 9.93. The highest BCUT2D eigenvalue weighted by molar-refractivity contribution is 7.09. The first kappa shape index (κ1) is 18.6. The minimum atomic E-state index is -0.00980. The van der Waals surface area contributed by atoms with Crippen molar-refractivity contribution < 1.29 is 4.79 Å². The molecule has 1 amide bonds. The maximum atomic E-state index is 12.5. The molecule has 4 heteroatoms. The van der Waals surface area contributed by atoms with Crippen molar-refractivity contribution >= 4 is 22.8 Å². The SMILES string of the molecule is Cc1nc(C(=O)N(C)CCC=C2c3ccccc3CCc3ccccc32)cs1. The highest BCUT2D eigenvalue weighted by atomic mass is 32.1. The Morgan fingerprint density at radius 2 is 1.68 bits per heavy atom. The van der Waals surface area contributed by atoms with Gasteiger partial charge in [-0.05, 0) is 54.0 Å². The number of carbonyl (C=O) groups is 1. The van der Waals surface area contributed by atoms with Gasteiger partial charge in [-0.3, -0.25) is 4.79 Å². The second-order valence-electron chi connectivity index (χ2n) is 7.20. The Balaban J connectivity index is 1.58. The molecular formula is C24H24N2OS. The molecule has 0 saturated heterocycles. The molecule has 0 aliphatic heterocycles. The summed E-state index contributed by atoms with van der Waals surface area (Å²) < 4.78 is 0. The van der Waals surface area contributed by atoms with E-state index < -0.39 is 0 Å². The van der Waals surface area contributed by atoms with Gasteiger partial charge in [0.1, 0.15) is 5.69 Å². The van der Waals surface area contributed by atoms with Crippen molar-refractivity contribution in [1.82, 2.24) is 9.88 Å². The number of benzene rings is 2. The molecule has 4 rings (SSSR count). The summed E-state index contributed by atoms with van der Waals surface area (Å²) in [7, 11) is 1.85. The topological polar surface area (TPSA) is 33.2 Å². The van der Waals surface area contributed by atoms with Crippen LogP contribution in [0.3, 0.4) is 0 Å². The molecule has 0 unspecified atom stereocenters. The van der Waals surface area contributed by atoms with Gasteiger partial charge in [0.25, 0.3) is 5.91 Å². The maximum Gasteiger partial charge on any atom is 0.273 e. The van der Waals surface area contributed by atoms with Gasteiger partial charge in [0.15, 0.2) is 0 Å². The molecule has 0 fully saturated rings. The van der Waals surface area contributed by atoms with Crippen molar-refractivity contribution in [2.75, 3.05) is 13.6 Å². The van der Waals surface area contributed by atoms with Gasteiger partial charge < -0.3 is 4.90 Å². The molecule has 1 aliphatic carbocycles. The van der Waals surface area contributed by atoms with E-state index in [9.17, 15) is 4.79 Å².